The lowest BCUT2D eigenvalue weighted by Gasteiger charge is -2.37. The molecule has 1 aromatic heterocycles. The number of rotatable bonds is 3. The highest BCUT2D eigenvalue weighted by Crippen LogP contribution is 2.65. The van der Waals surface area contributed by atoms with Gasteiger partial charge < -0.3 is 4.57 Å². The average Bonchev–Trinajstić information content (AvgIpc) is 3.44. The third kappa shape index (κ3) is 1.89. The molecule has 7 rings (SSSR count). The van der Waals surface area contributed by atoms with Gasteiger partial charge in [-0.3, -0.25) is 9.59 Å². The number of aromatic nitrogens is 1. The van der Waals surface area contributed by atoms with Crippen molar-refractivity contribution in [2.75, 3.05) is 0 Å². The zero-order valence-electron chi connectivity index (χ0n) is 16.1. The molecule has 2 amide bonds. The third-order valence-electron chi connectivity index (χ3n) is 7.54. The lowest BCUT2D eigenvalue weighted by atomic mass is 9.63. The molecule has 4 aliphatic carbocycles. The van der Waals surface area contributed by atoms with Gasteiger partial charge in [-0.15, -0.1) is 0 Å². The van der Waals surface area contributed by atoms with Crippen LogP contribution in [0.4, 0.5) is 0 Å². The fourth-order valence-electron chi connectivity index (χ4n) is 6.20. The van der Waals surface area contributed by atoms with E-state index in [2.05, 4.69) is 47.8 Å². The van der Waals surface area contributed by atoms with Crippen LogP contribution in [0.15, 0.2) is 41.5 Å². The summed E-state index contributed by atoms with van der Waals surface area (Å²) in [6.45, 7) is 5.05. The van der Waals surface area contributed by atoms with Crippen LogP contribution in [0, 0.1) is 42.4 Å². The van der Waals surface area contributed by atoms with Crippen LogP contribution in [0.2, 0.25) is 0 Å². The minimum absolute atomic E-state index is 0.104. The first-order valence-electron chi connectivity index (χ1n) is 10.3. The van der Waals surface area contributed by atoms with Crippen LogP contribution >= 0.6 is 0 Å². The Morgan fingerprint density at radius 2 is 1.71 bits per heavy atom. The van der Waals surface area contributed by atoms with Crippen molar-refractivity contribution < 1.29 is 9.59 Å². The molecule has 5 nitrogen and oxygen atoms in total. The van der Waals surface area contributed by atoms with Gasteiger partial charge in [0, 0.05) is 28.7 Å². The molecule has 2 saturated carbocycles. The largest absolute Gasteiger partial charge is 0.344 e. The van der Waals surface area contributed by atoms with Gasteiger partial charge in [0.25, 0.3) is 11.8 Å². The Morgan fingerprint density at radius 1 is 1.07 bits per heavy atom. The number of amides is 2. The fraction of sp³-hybridized carbons (Fsp3) is 0.435. The second kappa shape index (κ2) is 5.43. The predicted molar refractivity (Wildman–Crippen MR) is 106 cm³/mol. The monoisotopic (exact) mass is 373 g/mol. The van der Waals surface area contributed by atoms with Crippen LogP contribution in [-0.2, 0) is 16.1 Å². The highest BCUT2D eigenvalue weighted by atomic mass is 16.2. The van der Waals surface area contributed by atoms with Crippen molar-refractivity contribution in [1.29, 1.82) is 0 Å². The second-order valence-corrected chi connectivity index (χ2v) is 8.65. The molecule has 3 fully saturated rings. The lowest BCUT2D eigenvalue weighted by Crippen LogP contribution is -2.40. The van der Waals surface area contributed by atoms with Gasteiger partial charge in [0.2, 0.25) is 0 Å². The predicted octanol–water partition coefficient (Wildman–Crippen LogP) is 3.36. The molecule has 1 aliphatic heterocycles. The van der Waals surface area contributed by atoms with E-state index in [1.165, 1.54) is 11.4 Å². The zero-order valence-corrected chi connectivity index (χ0v) is 16.1. The van der Waals surface area contributed by atoms with Gasteiger partial charge in [0.05, 0.1) is 18.1 Å². The number of allylic oxidation sites excluding steroid dienone is 2. The number of para-hydroxylation sites is 1. The molecule has 1 aromatic carbocycles. The molecule has 2 bridgehead atoms. The Morgan fingerprint density at radius 3 is 2.36 bits per heavy atom. The number of hydrogen-bond acceptors (Lipinski definition) is 3. The first-order valence-corrected chi connectivity index (χ1v) is 10.3. The number of carbonyl (C=O) groups is 2. The van der Waals surface area contributed by atoms with Crippen molar-refractivity contribution in [2.45, 2.75) is 26.8 Å². The number of benzene rings is 1. The SMILES string of the molecule is CCn1c(C)c(/C=N\N2C(=O)[C@@H]3[C@H]4C=C[C@@H]([C@@H]5C[C@@H]45)[C@H]3C2=O)c2ccccc21. The van der Waals surface area contributed by atoms with Crippen molar-refractivity contribution in [1.82, 2.24) is 9.58 Å². The number of imide groups is 1. The first kappa shape index (κ1) is 16.3. The Kier molecular flexibility index (Phi) is 3.16. The second-order valence-electron chi connectivity index (χ2n) is 8.65. The van der Waals surface area contributed by atoms with Gasteiger partial charge in [-0.05, 0) is 50.0 Å². The van der Waals surface area contributed by atoms with Crippen LogP contribution in [0.5, 0.6) is 0 Å². The molecule has 1 saturated heterocycles. The minimum Gasteiger partial charge on any atom is -0.344 e. The van der Waals surface area contributed by atoms with E-state index in [1.807, 2.05) is 12.1 Å². The Balaban J connectivity index is 1.38. The topological polar surface area (TPSA) is 54.7 Å². The number of aryl methyl sites for hydroxylation is 1. The molecule has 0 radical (unpaired) electrons. The smallest absolute Gasteiger partial charge is 0.254 e. The van der Waals surface area contributed by atoms with E-state index < -0.39 is 0 Å². The standard InChI is InChI=1S/C23H23N3O2/c1-3-25-12(2)18(13-6-4-5-7-19(13)25)11-24-26-22(27)20-14-8-9-15(17-10-16(14)17)21(20)23(26)28/h4-9,11,14-17,20-21H,3,10H2,1-2H3/b24-11-/t14-,15-,16-,17-,20+,21+/m0/s1. The number of hydrazone groups is 1. The summed E-state index contributed by atoms with van der Waals surface area (Å²) in [5.41, 5.74) is 3.24. The number of hydrogen-bond donors (Lipinski definition) is 0. The van der Waals surface area contributed by atoms with Crippen LogP contribution in [0.3, 0.4) is 0 Å². The van der Waals surface area contributed by atoms with E-state index in [9.17, 15) is 9.59 Å². The molecule has 142 valence electrons. The maximum absolute atomic E-state index is 13.1. The normalized spacial score (nSPS) is 35.3. The summed E-state index contributed by atoms with van der Waals surface area (Å²) in [5, 5.41) is 6.72. The zero-order chi connectivity index (χ0) is 19.2. The van der Waals surface area contributed by atoms with Crippen molar-refractivity contribution in [3.63, 3.8) is 0 Å². The van der Waals surface area contributed by atoms with E-state index >= 15 is 0 Å². The van der Waals surface area contributed by atoms with Gasteiger partial charge >= 0.3 is 0 Å². The van der Waals surface area contributed by atoms with Crippen LogP contribution < -0.4 is 0 Å². The number of nitrogens with zero attached hydrogens (tertiary/aromatic N) is 3. The lowest BCUT2D eigenvalue weighted by molar-refractivity contribution is -0.140. The Labute approximate surface area is 163 Å². The first-order chi connectivity index (χ1) is 13.6. The maximum atomic E-state index is 13.1. The average molecular weight is 373 g/mol. The van der Waals surface area contributed by atoms with Crippen LogP contribution in [0.25, 0.3) is 10.9 Å². The summed E-state index contributed by atoms with van der Waals surface area (Å²) in [5.74, 6) is 1.10. The molecule has 5 aliphatic rings. The number of fused-ring (bicyclic) bond motifs is 1. The van der Waals surface area contributed by atoms with E-state index in [1.54, 1.807) is 6.21 Å². The Hall–Kier alpha value is -2.69. The van der Waals surface area contributed by atoms with Crippen molar-refractivity contribution in [3.8, 4) is 0 Å². The van der Waals surface area contributed by atoms with Crippen LogP contribution in [-0.4, -0.2) is 27.6 Å². The van der Waals surface area contributed by atoms with Gasteiger partial charge in [-0.1, -0.05) is 30.4 Å². The molecule has 28 heavy (non-hydrogen) atoms. The molecular weight excluding hydrogens is 350 g/mol. The highest BCUT2D eigenvalue weighted by Gasteiger charge is 2.67. The van der Waals surface area contributed by atoms with E-state index in [4.69, 9.17) is 0 Å². The maximum Gasteiger partial charge on any atom is 0.254 e. The third-order valence-corrected chi connectivity index (χ3v) is 7.54. The van der Waals surface area contributed by atoms with Gasteiger partial charge in [-0.2, -0.15) is 10.1 Å². The summed E-state index contributed by atoms with van der Waals surface area (Å²) in [4.78, 5) is 26.2. The molecule has 0 unspecified atom stereocenters. The fourth-order valence-corrected chi connectivity index (χ4v) is 6.20. The molecule has 2 heterocycles. The van der Waals surface area contributed by atoms with Crippen molar-refractivity contribution in [3.05, 3.63) is 47.7 Å². The summed E-state index contributed by atoms with van der Waals surface area (Å²) in [6.07, 6.45) is 7.27. The van der Waals surface area contributed by atoms with E-state index in [0.717, 1.165) is 28.7 Å². The van der Waals surface area contributed by atoms with Gasteiger partial charge in [-0.25, -0.2) is 0 Å². The summed E-state index contributed by atoms with van der Waals surface area (Å²) in [7, 11) is 0. The van der Waals surface area contributed by atoms with Crippen molar-refractivity contribution in [2.24, 2.45) is 40.6 Å². The highest BCUT2D eigenvalue weighted by molar-refractivity contribution is 6.08. The summed E-state index contributed by atoms with van der Waals surface area (Å²) >= 11 is 0. The van der Waals surface area contributed by atoms with E-state index in [-0.39, 0.29) is 35.5 Å². The molecule has 2 aromatic rings. The van der Waals surface area contributed by atoms with Crippen molar-refractivity contribution >= 4 is 28.9 Å². The summed E-state index contributed by atoms with van der Waals surface area (Å²) < 4.78 is 2.24. The minimum atomic E-state index is -0.193. The summed E-state index contributed by atoms with van der Waals surface area (Å²) in [6, 6.07) is 8.21. The van der Waals surface area contributed by atoms with Gasteiger partial charge in [0.15, 0.2) is 0 Å². The van der Waals surface area contributed by atoms with Gasteiger partial charge in [0.1, 0.15) is 0 Å². The molecular formula is C23H23N3O2. The molecule has 5 heteroatoms. The van der Waals surface area contributed by atoms with Crippen LogP contribution in [0.1, 0.15) is 24.6 Å². The number of carbonyl (C=O) groups excluding carboxylic acids is 2. The Bertz CT molecular complexity index is 1060. The quantitative estimate of drug-likeness (QED) is 0.471. The molecule has 0 N–H and O–H groups in total. The van der Waals surface area contributed by atoms with E-state index in [0.29, 0.717) is 11.8 Å². The molecule has 6 atom stereocenters. The molecule has 0 spiro atoms.